The first kappa shape index (κ1) is 12.1. The molecule has 1 atom stereocenters. The van der Waals surface area contributed by atoms with Gasteiger partial charge in [0, 0.05) is 18.0 Å². The third-order valence-electron chi connectivity index (χ3n) is 1.89. The van der Waals surface area contributed by atoms with E-state index in [1.165, 1.54) is 19.3 Å². The van der Waals surface area contributed by atoms with Gasteiger partial charge in [0.05, 0.1) is 5.02 Å². The highest BCUT2D eigenvalue weighted by molar-refractivity contribution is 7.90. The number of hydrogen-bond donors (Lipinski definition) is 1. The quantitative estimate of drug-likeness (QED) is 0.857. The molecular formula is C8H10ClN3O2S. The topological polar surface area (TPSA) is 85.9 Å². The van der Waals surface area contributed by atoms with Crippen LogP contribution >= 0.6 is 11.6 Å². The molecule has 0 bridgehead atoms. The Balaban J connectivity index is 3.01. The molecule has 0 saturated carbocycles. The first-order chi connectivity index (χ1) is 6.82. The molecule has 0 aliphatic carbocycles. The third kappa shape index (κ3) is 2.98. The van der Waals surface area contributed by atoms with Crippen LogP contribution in [-0.2, 0) is 10.0 Å². The zero-order chi connectivity index (χ0) is 11.6. The zero-order valence-electron chi connectivity index (χ0n) is 8.01. The van der Waals surface area contributed by atoms with Gasteiger partial charge in [0.25, 0.3) is 0 Å². The minimum Gasteiger partial charge on any atom is -0.235 e. The summed E-state index contributed by atoms with van der Waals surface area (Å²) in [4.78, 5) is 7.70. The van der Waals surface area contributed by atoms with Crippen molar-refractivity contribution in [2.75, 3.05) is 0 Å². The Morgan fingerprint density at radius 1 is 1.53 bits per heavy atom. The summed E-state index contributed by atoms with van der Waals surface area (Å²) in [6, 6.07) is 0. The minimum absolute atomic E-state index is 0.223. The van der Waals surface area contributed by atoms with Gasteiger partial charge >= 0.3 is 0 Å². The summed E-state index contributed by atoms with van der Waals surface area (Å²) in [6.45, 7) is 5.02. The van der Waals surface area contributed by atoms with Crippen molar-refractivity contribution in [2.45, 2.75) is 12.2 Å². The molecule has 0 aromatic carbocycles. The predicted octanol–water partition coefficient (Wildman–Crippen LogP) is 0.820. The van der Waals surface area contributed by atoms with E-state index >= 15 is 0 Å². The van der Waals surface area contributed by atoms with Gasteiger partial charge in [-0.2, -0.15) is 0 Å². The Morgan fingerprint density at radius 3 is 2.40 bits per heavy atom. The molecule has 1 heterocycles. The lowest BCUT2D eigenvalue weighted by Gasteiger charge is -2.10. The van der Waals surface area contributed by atoms with Crippen LogP contribution in [0.2, 0.25) is 5.02 Å². The molecular weight excluding hydrogens is 238 g/mol. The van der Waals surface area contributed by atoms with E-state index in [0.717, 1.165) is 0 Å². The molecule has 0 aliphatic heterocycles. The SMILES string of the molecule is C=C(c1ncc(Cl)cn1)[C@H](C)S(N)(=O)=O. The number of aromatic nitrogens is 2. The van der Waals surface area contributed by atoms with Crippen LogP contribution in [-0.4, -0.2) is 23.6 Å². The monoisotopic (exact) mass is 247 g/mol. The summed E-state index contributed by atoms with van der Waals surface area (Å²) in [6.07, 6.45) is 2.73. The number of nitrogens with zero attached hydrogens (tertiary/aromatic N) is 2. The average molecular weight is 248 g/mol. The van der Waals surface area contributed by atoms with Crippen LogP contribution in [0.5, 0.6) is 0 Å². The van der Waals surface area contributed by atoms with Gasteiger partial charge in [-0.05, 0) is 6.92 Å². The van der Waals surface area contributed by atoms with Crippen molar-refractivity contribution in [3.8, 4) is 0 Å². The Hall–Kier alpha value is -0.980. The summed E-state index contributed by atoms with van der Waals surface area (Å²) >= 11 is 5.59. The second-order valence-electron chi connectivity index (χ2n) is 2.98. The van der Waals surface area contributed by atoms with Crippen LogP contribution in [0.4, 0.5) is 0 Å². The Bertz CT molecular complexity index is 469. The number of rotatable bonds is 3. The number of nitrogens with two attached hydrogens (primary N) is 1. The molecule has 1 rings (SSSR count). The predicted molar refractivity (Wildman–Crippen MR) is 58.6 cm³/mol. The van der Waals surface area contributed by atoms with Crippen molar-refractivity contribution >= 4 is 27.2 Å². The smallest absolute Gasteiger partial charge is 0.215 e. The van der Waals surface area contributed by atoms with Gasteiger partial charge in [0.15, 0.2) is 5.82 Å². The summed E-state index contributed by atoms with van der Waals surface area (Å²) in [5.41, 5.74) is 0.245. The lowest BCUT2D eigenvalue weighted by atomic mass is 10.2. The van der Waals surface area contributed by atoms with E-state index in [-0.39, 0.29) is 11.4 Å². The Morgan fingerprint density at radius 2 is 2.00 bits per heavy atom. The van der Waals surface area contributed by atoms with E-state index in [0.29, 0.717) is 5.02 Å². The fraction of sp³-hybridized carbons (Fsp3) is 0.250. The summed E-state index contributed by atoms with van der Waals surface area (Å²) < 4.78 is 22.1. The highest BCUT2D eigenvalue weighted by Crippen LogP contribution is 2.17. The molecule has 5 nitrogen and oxygen atoms in total. The molecule has 0 radical (unpaired) electrons. The third-order valence-corrected chi connectivity index (χ3v) is 3.36. The van der Waals surface area contributed by atoms with E-state index < -0.39 is 15.3 Å². The largest absolute Gasteiger partial charge is 0.235 e. The Labute approximate surface area is 93.0 Å². The maximum atomic E-state index is 11.0. The van der Waals surface area contributed by atoms with Crippen molar-refractivity contribution in [1.82, 2.24) is 9.97 Å². The maximum absolute atomic E-state index is 11.0. The maximum Gasteiger partial charge on any atom is 0.215 e. The van der Waals surface area contributed by atoms with Gasteiger partial charge in [-0.3, -0.25) is 0 Å². The van der Waals surface area contributed by atoms with Crippen molar-refractivity contribution < 1.29 is 8.42 Å². The molecule has 1 aromatic heterocycles. The van der Waals surface area contributed by atoms with Crippen molar-refractivity contribution in [3.05, 3.63) is 29.8 Å². The fourth-order valence-electron chi connectivity index (χ4n) is 0.858. The summed E-state index contributed by atoms with van der Waals surface area (Å²) in [5.74, 6) is 0.223. The molecule has 2 N–H and O–H groups in total. The van der Waals surface area contributed by atoms with Crippen molar-refractivity contribution in [2.24, 2.45) is 5.14 Å². The Kier molecular flexibility index (Phi) is 3.43. The first-order valence-electron chi connectivity index (χ1n) is 4.00. The second kappa shape index (κ2) is 4.26. The normalized spacial score (nSPS) is 13.5. The highest BCUT2D eigenvalue weighted by atomic mass is 35.5. The summed E-state index contributed by atoms with van der Waals surface area (Å²) in [5, 5.41) is 4.43. The first-order valence-corrected chi connectivity index (χ1v) is 5.99. The van der Waals surface area contributed by atoms with E-state index in [1.54, 1.807) is 0 Å². The number of primary sulfonamides is 1. The molecule has 82 valence electrons. The van der Waals surface area contributed by atoms with E-state index in [4.69, 9.17) is 16.7 Å². The van der Waals surface area contributed by atoms with Crippen LogP contribution in [0.25, 0.3) is 5.57 Å². The van der Waals surface area contributed by atoms with Gasteiger partial charge in [-0.25, -0.2) is 23.5 Å². The van der Waals surface area contributed by atoms with Crippen LogP contribution in [0.15, 0.2) is 19.0 Å². The van der Waals surface area contributed by atoms with E-state index in [1.807, 2.05) is 0 Å². The van der Waals surface area contributed by atoms with Gasteiger partial charge < -0.3 is 0 Å². The molecule has 0 spiro atoms. The summed E-state index contributed by atoms with van der Waals surface area (Å²) in [7, 11) is -3.67. The lowest BCUT2D eigenvalue weighted by Crippen LogP contribution is -2.27. The van der Waals surface area contributed by atoms with Crippen LogP contribution in [0.1, 0.15) is 12.7 Å². The molecule has 0 fully saturated rings. The van der Waals surface area contributed by atoms with Crippen molar-refractivity contribution in [3.63, 3.8) is 0 Å². The molecule has 7 heteroatoms. The van der Waals surface area contributed by atoms with E-state index in [2.05, 4.69) is 16.5 Å². The zero-order valence-corrected chi connectivity index (χ0v) is 9.59. The molecule has 0 unspecified atom stereocenters. The average Bonchev–Trinajstić information content (AvgIpc) is 2.15. The molecule has 0 aliphatic rings. The second-order valence-corrected chi connectivity index (χ2v) is 5.30. The fourth-order valence-corrected chi connectivity index (χ4v) is 1.46. The van der Waals surface area contributed by atoms with Crippen LogP contribution in [0, 0.1) is 0 Å². The molecule has 1 aromatic rings. The number of hydrogen-bond acceptors (Lipinski definition) is 4. The van der Waals surface area contributed by atoms with Crippen LogP contribution < -0.4 is 5.14 Å². The van der Waals surface area contributed by atoms with Crippen LogP contribution in [0.3, 0.4) is 0 Å². The standard InChI is InChI=1S/C8H10ClN3O2S/c1-5(6(2)15(10,13)14)8-11-3-7(9)4-12-8/h3-4,6H,1H2,2H3,(H2,10,13,14)/t6-/m0/s1. The van der Waals surface area contributed by atoms with Gasteiger partial charge in [-0.15, -0.1) is 0 Å². The van der Waals surface area contributed by atoms with Gasteiger partial charge in [0.1, 0.15) is 5.25 Å². The molecule has 15 heavy (non-hydrogen) atoms. The van der Waals surface area contributed by atoms with Gasteiger partial charge in [0.2, 0.25) is 10.0 Å². The lowest BCUT2D eigenvalue weighted by molar-refractivity contribution is 0.593. The molecule has 0 amide bonds. The number of halogens is 1. The molecule has 0 saturated heterocycles. The van der Waals surface area contributed by atoms with Gasteiger partial charge in [-0.1, -0.05) is 18.2 Å². The van der Waals surface area contributed by atoms with E-state index in [9.17, 15) is 8.42 Å². The minimum atomic E-state index is -3.67. The van der Waals surface area contributed by atoms with Crippen molar-refractivity contribution in [1.29, 1.82) is 0 Å². The number of sulfonamides is 1. The highest BCUT2D eigenvalue weighted by Gasteiger charge is 2.21.